The molecule has 0 radical (unpaired) electrons. The number of aliphatic hydroxyl groups is 8. The first-order valence-electron chi connectivity index (χ1n) is 41.3. The lowest BCUT2D eigenvalue weighted by atomic mass is 9.97. The van der Waals surface area contributed by atoms with Gasteiger partial charge in [0.05, 0.1) is 32.0 Å². The van der Waals surface area contributed by atoms with Gasteiger partial charge in [0.25, 0.3) is 0 Å². The molecule has 14 heteroatoms. The molecule has 2 aliphatic heterocycles. The van der Waals surface area contributed by atoms with Crippen LogP contribution in [0.5, 0.6) is 0 Å². The van der Waals surface area contributed by atoms with Crippen molar-refractivity contribution in [3.8, 4) is 0 Å². The number of nitrogens with one attached hydrogen (secondary N) is 1. The summed E-state index contributed by atoms with van der Waals surface area (Å²) in [4.78, 5) is 13.4. The van der Waals surface area contributed by atoms with Crippen molar-refractivity contribution in [3.05, 3.63) is 0 Å². The molecule has 2 saturated heterocycles. The summed E-state index contributed by atoms with van der Waals surface area (Å²) < 4.78 is 23.0. The maximum absolute atomic E-state index is 13.4. The fourth-order valence-corrected chi connectivity index (χ4v) is 14.3. The van der Waals surface area contributed by atoms with Crippen molar-refractivity contribution in [2.45, 2.75) is 485 Å². The van der Waals surface area contributed by atoms with Crippen molar-refractivity contribution in [2.24, 2.45) is 0 Å². The molecular formula is C80H157NO13. The van der Waals surface area contributed by atoms with Gasteiger partial charge >= 0.3 is 0 Å². The van der Waals surface area contributed by atoms with Gasteiger partial charge in [0.1, 0.15) is 48.8 Å². The van der Waals surface area contributed by atoms with Crippen molar-refractivity contribution in [1.82, 2.24) is 5.32 Å². The molecule has 0 aromatic carbocycles. The second-order valence-corrected chi connectivity index (χ2v) is 29.6. The van der Waals surface area contributed by atoms with Gasteiger partial charge in [0.15, 0.2) is 12.6 Å². The molecule has 12 unspecified atom stereocenters. The van der Waals surface area contributed by atoms with E-state index in [2.05, 4.69) is 19.2 Å². The predicted molar refractivity (Wildman–Crippen MR) is 388 cm³/mol. The number of rotatable bonds is 71. The number of ether oxygens (including phenoxy) is 4. The zero-order valence-corrected chi connectivity index (χ0v) is 61.5. The minimum Gasteiger partial charge on any atom is -0.394 e. The van der Waals surface area contributed by atoms with Crippen LogP contribution in [-0.4, -0.2) is 140 Å². The smallest absolute Gasteiger partial charge is 0.220 e. The van der Waals surface area contributed by atoms with Crippen LogP contribution in [0.15, 0.2) is 0 Å². The van der Waals surface area contributed by atoms with Crippen LogP contribution in [-0.2, 0) is 23.7 Å². The maximum Gasteiger partial charge on any atom is 0.220 e. The number of hydrogen-bond acceptors (Lipinski definition) is 13. The Balaban J connectivity index is 1.52. The van der Waals surface area contributed by atoms with Gasteiger partial charge in [-0.3, -0.25) is 4.79 Å². The average molecular weight is 1340 g/mol. The number of carbonyl (C=O) groups excluding carboxylic acids is 1. The third kappa shape index (κ3) is 47.9. The molecule has 9 N–H and O–H groups in total. The molecule has 560 valence electrons. The van der Waals surface area contributed by atoms with E-state index in [0.29, 0.717) is 12.8 Å². The summed E-state index contributed by atoms with van der Waals surface area (Å²) in [6.07, 6.45) is 64.6. The van der Waals surface area contributed by atoms with Crippen LogP contribution in [0.3, 0.4) is 0 Å². The number of aliphatic hydroxyl groups excluding tert-OH is 8. The Kier molecular flexibility index (Phi) is 61.9. The highest BCUT2D eigenvalue weighted by atomic mass is 16.7. The molecule has 1 amide bonds. The van der Waals surface area contributed by atoms with Gasteiger partial charge in [0.2, 0.25) is 5.91 Å². The van der Waals surface area contributed by atoms with Crippen LogP contribution < -0.4 is 5.32 Å². The number of unbranched alkanes of at least 4 members (excludes halogenated alkanes) is 58. The largest absolute Gasteiger partial charge is 0.394 e. The zero-order chi connectivity index (χ0) is 68.0. The van der Waals surface area contributed by atoms with E-state index in [-0.39, 0.29) is 12.5 Å². The molecule has 94 heavy (non-hydrogen) atoms. The molecule has 0 saturated carbocycles. The Hall–Kier alpha value is -1.01. The Morgan fingerprint density at radius 3 is 0.904 bits per heavy atom. The Bertz CT molecular complexity index is 1580. The summed E-state index contributed by atoms with van der Waals surface area (Å²) in [7, 11) is 0. The highest BCUT2D eigenvalue weighted by Gasteiger charge is 2.51. The van der Waals surface area contributed by atoms with E-state index in [0.717, 1.165) is 51.4 Å². The fraction of sp³-hybridized carbons (Fsp3) is 0.988. The topological polar surface area (TPSA) is 228 Å². The van der Waals surface area contributed by atoms with E-state index in [1.54, 1.807) is 0 Å². The third-order valence-electron chi connectivity index (χ3n) is 20.8. The molecular weight excluding hydrogens is 1180 g/mol. The Morgan fingerprint density at radius 1 is 0.340 bits per heavy atom. The van der Waals surface area contributed by atoms with Crippen LogP contribution in [0.25, 0.3) is 0 Å². The van der Waals surface area contributed by atoms with Crippen molar-refractivity contribution in [3.63, 3.8) is 0 Å². The average Bonchev–Trinajstić information content (AvgIpc) is 0.794. The molecule has 12 atom stereocenters. The second-order valence-electron chi connectivity index (χ2n) is 29.6. The lowest BCUT2D eigenvalue weighted by Gasteiger charge is -2.46. The molecule has 0 aliphatic carbocycles. The van der Waals surface area contributed by atoms with Crippen molar-refractivity contribution in [2.75, 3.05) is 19.8 Å². The van der Waals surface area contributed by atoms with Crippen LogP contribution in [0.1, 0.15) is 412 Å². The van der Waals surface area contributed by atoms with Gasteiger partial charge in [-0.05, 0) is 12.8 Å². The van der Waals surface area contributed by atoms with Gasteiger partial charge in [0, 0.05) is 6.42 Å². The standard InChI is InChI=1S/C80H157NO13/c1-3-5-7-9-11-13-15-17-19-21-23-24-25-26-27-28-29-30-31-32-33-34-35-36-37-38-39-40-41-42-43-44-46-48-50-52-54-56-58-60-62-64-72(85)81-68(69(84)63-61-59-57-55-53-51-49-47-45-22-20-18-16-14-12-10-8-6-4-2)67-91-79-77(90)75(88)78(71(66-83)93-79)94-80-76(89)74(87)73(86)70(65-82)92-80/h68-71,73-80,82-84,86-90H,3-67H2,1-2H3,(H,81,85). The highest BCUT2D eigenvalue weighted by molar-refractivity contribution is 5.76. The monoisotopic (exact) mass is 1340 g/mol. The SMILES string of the molecule is CCCCCCCCCCCCCCCCCCCCCCCCCCCCCCCCCCCCCCCCCCCC(=O)NC(COC1OC(CO)C(OC2OC(CO)C(O)C(O)C2O)C(O)C1O)C(O)CCCCCCCCCCCCCCCCCCCCC. The van der Waals surface area contributed by atoms with Gasteiger partial charge in [-0.2, -0.15) is 0 Å². The van der Waals surface area contributed by atoms with Gasteiger partial charge in [-0.1, -0.05) is 393 Å². The first-order valence-corrected chi connectivity index (χ1v) is 41.3. The molecule has 0 aromatic heterocycles. The Labute approximate surface area is 578 Å². The minimum absolute atomic E-state index is 0.195. The van der Waals surface area contributed by atoms with E-state index in [9.17, 15) is 45.6 Å². The Morgan fingerprint density at radius 2 is 0.606 bits per heavy atom. The van der Waals surface area contributed by atoms with Crippen LogP contribution in [0.2, 0.25) is 0 Å². The maximum atomic E-state index is 13.4. The van der Waals surface area contributed by atoms with Gasteiger partial charge < -0.3 is 65.1 Å². The molecule has 2 fully saturated rings. The first-order chi connectivity index (χ1) is 46.1. The zero-order valence-electron chi connectivity index (χ0n) is 61.5. The van der Waals surface area contributed by atoms with E-state index in [1.165, 1.54) is 334 Å². The van der Waals surface area contributed by atoms with E-state index in [4.69, 9.17) is 18.9 Å². The van der Waals surface area contributed by atoms with Crippen LogP contribution >= 0.6 is 0 Å². The fourth-order valence-electron chi connectivity index (χ4n) is 14.3. The summed E-state index contributed by atoms with van der Waals surface area (Å²) in [6, 6.07) is -0.825. The van der Waals surface area contributed by atoms with E-state index >= 15 is 0 Å². The van der Waals surface area contributed by atoms with Crippen LogP contribution in [0.4, 0.5) is 0 Å². The molecule has 2 aliphatic rings. The van der Waals surface area contributed by atoms with Crippen LogP contribution in [0, 0.1) is 0 Å². The normalized spacial score (nSPS) is 22.3. The summed E-state index contributed by atoms with van der Waals surface area (Å²) in [6.45, 7) is 2.94. The third-order valence-corrected chi connectivity index (χ3v) is 20.8. The summed E-state index contributed by atoms with van der Waals surface area (Å²) in [5, 5.41) is 87.8. The first kappa shape index (κ1) is 89.1. The lowest BCUT2D eigenvalue weighted by molar-refractivity contribution is -0.359. The molecule has 2 heterocycles. The summed E-state index contributed by atoms with van der Waals surface area (Å²) in [5.41, 5.74) is 0. The molecule has 14 nitrogen and oxygen atoms in total. The number of carbonyl (C=O) groups is 1. The lowest BCUT2D eigenvalue weighted by Crippen LogP contribution is -2.65. The number of hydrogen-bond donors (Lipinski definition) is 9. The minimum atomic E-state index is -1.78. The van der Waals surface area contributed by atoms with E-state index in [1.807, 2.05) is 0 Å². The number of amides is 1. The summed E-state index contributed by atoms with van der Waals surface area (Å²) >= 11 is 0. The highest BCUT2D eigenvalue weighted by Crippen LogP contribution is 2.31. The molecule has 0 aromatic rings. The van der Waals surface area contributed by atoms with Crippen molar-refractivity contribution < 1.29 is 64.6 Å². The second kappa shape index (κ2) is 65.3. The van der Waals surface area contributed by atoms with Gasteiger partial charge in [-0.25, -0.2) is 0 Å². The van der Waals surface area contributed by atoms with Crippen molar-refractivity contribution >= 4 is 5.91 Å². The molecule has 0 bridgehead atoms. The quantitative estimate of drug-likeness (QED) is 0.0259. The van der Waals surface area contributed by atoms with E-state index < -0.39 is 86.8 Å². The molecule has 2 rings (SSSR count). The molecule has 0 spiro atoms. The summed E-state index contributed by atoms with van der Waals surface area (Å²) in [5.74, 6) is -0.195. The van der Waals surface area contributed by atoms with Crippen molar-refractivity contribution in [1.29, 1.82) is 0 Å². The van der Waals surface area contributed by atoms with Gasteiger partial charge in [-0.15, -0.1) is 0 Å². The predicted octanol–water partition coefficient (Wildman–Crippen LogP) is 18.7.